The molecule has 0 bridgehead atoms. The molecule has 0 saturated carbocycles. The van der Waals surface area contributed by atoms with E-state index in [-0.39, 0.29) is 0 Å². The lowest BCUT2D eigenvalue weighted by Crippen LogP contribution is -2.58. The van der Waals surface area contributed by atoms with Gasteiger partial charge in [-0.1, -0.05) is 0 Å². The van der Waals surface area contributed by atoms with Gasteiger partial charge in [-0.05, 0) is 0 Å². The summed E-state index contributed by atoms with van der Waals surface area (Å²) in [6.45, 7) is -0.659. The van der Waals surface area contributed by atoms with Crippen LogP contribution in [0.15, 0.2) is 0 Å². The Morgan fingerprint density at radius 3 is 2.43 bits per heavy atom. The minimum Gasteiger partial charge on any atom is -0.394 e. The van der Waals surface area contributed by atoms with E-state index in [1.807, 2.05) is 0 Å². The molecule has 2 aliphatic heterocycles. The van der Waals surface area contributed by atoms with Crippen molar-refractivity contribution in [3.8, 4) is 0 Å². The normalized spacial score (nSPS) is 62.1. The van der Waals surface area contributed by atoms with E-state index in [4.69, 9.17) is 5.11 Å². The largest absolute Gasteiger partial charge is 0.394 e. The maximum atomic E-state index is 11.1. The van der Waals surface area contributed by atoms with Crippen LogP contribution in [0.1, 0.15) is 0 Å². The first-order chi connectivity index (χ1) is 6.39. The molecule has 6 atom stereocenters. The van der Waals surface area contributed by atoms with Crippen LogP contribution in [-0.2, 0) is 15.5 Å². The van der Waals surface area contributed by atoms with Gasteiger partial charge < -0.3 is 30.3 Å². The molecule has 0 spiro atoms. The monoisotopic (exact) mass is 226 g/mol. The number of rotatable bonds is 1. The van der Waals surface area contributed by atoms with Crippen molar-refractivity contribution in [2.24, 2.45) is 0 Å². The molecule has 2 rings (SSSR count). The molecule has 0 amide bonds. The van der Waals surface area contributed by atoms with E-state index in [9.17, 15) is 24.6 Å². The van der Waals surface area contributed by atoms with Gasteiger partial charge >= 0.3 is 0 Å². The number of hydrogen-bond donors (Lipinski definition) is 5. The average Bonchev–Trinajstić information content (AvgIpc) is 2.60. The number of hydrogen-bond acceptors (Lipinski definition) is 7. The summed E-state index contributed by atoms with van der Waals surface area (Å²) in [6.07, 6.45) is -4.65. The van der Waals surface area contributed by atoms with Crippen molar-refractivity contribution in [2.45, 2.75) is 28.4 Å². The van der Waals surface area contributed by atoms with Gasteiger partial charge in [0.15, 0.2) is 0 Å². The Morgan fingerprint density at radius 2 is 1.93 bits per heavy atom. The predicted molar refractivity (Wildman–Crippen MR) is 42.0 cm³/mol. The van der Waals surface area contributed by atoms with E-state index in [1.54, 1.807) is 0 Å². The number of aliphatic hydroxyl groups is 5. The van der Waals surface area contributed by atoms with E-state index in [0.717, 1.165) is 0 Å². The molecule has 0 aliphatic carbocycles. The second-order valence-corrected chi connectivity index (χ2v) is 5.03. The molecule has 2 saturated heterocycles. The van der Waals surface area contributed by atoms with Gasteiger partial charge in [0, 0.05) is 0 Å². The van der Waals surface area contributed by atoms with Crippen LogP contribution in [-0.4, -0.2) is 64.7 Å². The maximum Gasteiger partial charge on any atom is 0.293 e. The number of aliphatic hydroxyl groups excluding tert-OH is 3. The topological polar surface area (TPSA) is 127 Å². The van der Waals surface area contributed by atoms with Crippen LogP contribution in [0.3, 0.4) is 0 Å². The smallest absolute Gasteiger partial charge is 0.293 e. The molecular weight excluding hydrogens is 216 g/mol. The van der Waals surface area contributed by atoms with Crippen molar-refractivity contribution in [1.29, 1.82) is 0 Å². The van der Waals surface area contributed by atoms with Crippen molar-refractivity contribution in [2.75, 3.05) is 6.61 Å². The van der Waals surface area contributed by atoms with Crippen LogP contribution in [0.25, 0.3) is 0 Å². The minimum absolute atomic E-state index is 0.659. The second-order valence-electron chi connectivity index (χ2n) is 3.32. The zero-order valence-corrected chi connectivity index (χ0v) is 7.72. The molecule has 14 heavy (non-hydrogen) atoms. The molecule has 1 unspecified atom stereocenters. The van der Waals surface area contributed by atoms with Crippen LogP contribution < -0.4 is 0 Å². The zero-order chi connectivity index (χ0) is 10.7. The first-order valence-electron chi connectivity index (χ1n) is 3.91. The molecule has 0 aromatic carbocycles. The lowest BCUT2D eigenvalue weighted by atomic mass is 9.99. The van der Waals surface area contributed by atoms with Crippen molar-refractivity contribution < 1.29 is 34.5 Å². The summed E-state index contributed by atoms with van der Waals surface area (Å²) >= 11 is 0. The Hall–Kier alpha value is -0.0900. The van der Waals surface area contributed by atoms with Crippen LogP contribution in [0.4, 0.5) is 0 Å². The van der Waals surface area contributed by atoms with Crippen LogP contribution in [0.5, 0.6) is 0 Å². The summed E-state index contributed by atoms with van der Waals surface area (Å²) in [5.41, 5.74) is 0. The minimum atomic E-state index is -2.38. The van der Waals surface area contributed by atoms with Gasteiger partial charge in [-0.25, -0.2) is 0 Å². The molecule has 0 radical (unpaired) electrons. The van der Waals surface area contributed by atoms with Gasteiger partial charge in [0.1, 0.15) is 29.1 Å². The molecule has 2 aliphatic rings. The van der Waals surface area contributed by atoms with Crippen molar-refractivity contribution >= 4 is 10.8 Å². The average molecular weight is 226 g/mol. The third-order valence-corrected chi connectivity index (χ3v) is 4.33. The van der Waals surface area contributed by atoms with Crippen LogP contribution in [0.2, 0.25) is 0 Å². The summed E-state index contributed by atoms with van der Waals surface area (Å²) in [4.78, 5) is -2.35. The van der Waals surface area contributed by atoms with E-state index >= 15 is 0 Å². The lowest BCUT2D eigenvalue weighted by Gasteiger charge is -2.34. The summed E-state index contributed by atoms with van der Waals surface area (Å²) in [7, 11) is -2.21. The van der Waals surface area contributed by atoms with Gasteiger partial charge in [0.25, 0.3) is 5.12 Å². The Morgan fingerprint density at radius 1 is 1.36 bits per heavy atom. The molecule has 8 heteroatoms. The van der Waals surface area contributed by atoms with Crippen molar-refractivity contribution in [3.05, 3.63) is 0 Å². The molecule has 0 aromatic heterocycles. The van der Waals surface area contributed by atoms with Gasteiger partial charge in [-0.2, -0.15) is 0 Å². The van der Waals surface area contributed by atoms with Crippen molar-refractivity contribution in [1.82, 2.24) is 0 Å². The molecule has 5 N–H and O–H groups in total. The molecule has 2 heterocycles. The third-order valence-electron chi connectivity index (χ3n) is 2.54. The molecule has 0 aromatic rings. The summed E-state index contributed by atoms with van der Waals surface area (Å²) in [5, 5.41) is 43.8. The van der Waals surface area contributed by atoms with Crippen LogP contribution in [0, 0.1) is 0 Å². The highest BCUT2D eigenvalue weighted by molar-refractivity contribution is 7.95. The Balaban J connectivity index is 2.32. The third kappa shape index (κ3) is 0.890. The fourth-order valence-electron chi connectivity index (χ4n) is 1.56. The highest BCUT2D eigenvalue weighted by Crippen LogP contribution is 2.56. The van der Waals surface area contributed by atoms with E-state index in [0.29, 0.717) is 0 Å². The predicted octanol–water partition coefficient (Wildman–Crippen LogP) is -3.80. The standard InChI is InChI=1S/C6H10O7S/c7-1-2-3(8)4(9)5(10)6(11,13-2)14(5)12/h2-4,7-11H,1H2/t2-,3-,4+,5+,6+,14?/m1/s1. The van der Waals surface area contributed by atoms with E-state index < -0.39 is 45.8 Å². The highest BCUT2D eigenvalue weighted by atomic mass is 32.2. The molecule has 7 nitrogen and oxygen atoms in total. The quantitative estimate of drug-likeness (QED) is 0.290. The highest BCUT2D eigenvalue weighted by Gasteiger charge is 2.86. The van der Waals surface area contributed by atoms with Crippen molar-refractivity contribution in [3.63, 3.8) is 0 Å². The SMILES string of the molecule is O=S1[C@@]2(O)O[C@H](CO)[C@@H](O)[C@H](O)[C@]12O. The van der Waals surface area contributed by atoms with Crippen LogP contribution >= 0.6 is 0 Å². The summed E-state index contributed by atoms with van der Waals surface area (Å²) in [6, 6.07) is 0. The van der Waals surface area contributed by atoms with Gasteiger partial charge in [0.2, 0.25) is 4.93 Å². The number of fused-ring (bicyclic) bond motifs is 1. The zero-order valence-electron chi connectivity index (χ0n) is 6.90. The van der Waals surface area contributed by atoms with E-state index in [1.165, 1.54) is 0 Å². The Bertz CT molecular complexity index is 296. The van der Waals surface area contributed by atoms with E-state index in [2.05, 4.69) is 4.74 Å². The molecular formula is C6H10O7S. The molecule has 82 valence electrons. The fourth-order valence-corrected chi connectivity index (χ4v) is 2.96. The fraction of sp³-hybridized carbons (Fsp3) is 1.00. The lowest BCUT2D eigenvalue weighted by molar-refractivity contribution is -0.287. The maximum absolute atomic E-state index is 11.1. The van der Waals surface area contributed by atoms with Gasteiger partial charge in [-0.3, -0.25) is 4.21 Å². The summed E-state index contributed by atoms with van der Waals surface area (Å²) < 4.78 is 15.8. The second kappa shape index (κ2) is 2.73. The Labute approximate surface area is 81.0 Å². The molecule has 2 fully saturated rings. The number of ether oxygens (including phenoxy) is 1. The first-order valence-corrected chi connectivity index (χ1v) is 5.06. The summed E-state index contributed by atoms with van der Waals surface area (Å²) in [5.74, 6) is 0. The first kappa shape index (κ1) is 10.4. The van der Waals surface area contributed by atoms with Gasteiger partial charge in [-0.15, -0.1) is 0 Å². The Kier molecular flexibility index (Phi) is 2.03. The van der Waals surface area contributed by atoms with Gasteiger partial charge in [0.05, 0.1) is 6.61 Å².